The Morgan fingerprint density at radius 2 is 1.90 bits per heavy atom. The molecule has 2 rings (SSSR count). The molecule has 1 saturated heterocycles. The van der Waals surface area contributed by atoms with Gasteiger partial charge in [0.2, 0.25) is 10.0 Å². The summed E-state index contributed by atoms with van der Waals surface area (Å²) in [6.45, 7) is 1.74. The molecule has 1 fully saturated rings. The van der Waals surface area contributed by atoms with Crippen LogP contribution in [0.5, 0.6) is 0 Å². The molecule has 1 aromatic rings. The van der Waals surface area contributed by atoms with E-state index < -0.39 is 32.7 Å². The Labute approximate surface area is 115 Å². The normalized spacial score (nSPS) is 25.1. The minimum Gasteiger partial charge on any atom is -0.326 e. The van der Waals surface area contributed by atoms with Crippen molar-refractivity contribution in [2.45, 2.75) is 36.5 Å². The van der Waals surface area contributed by atoms with E-state index in [9.17, 15) is 21.6 Å². The van der Waals surface area contributed by atoms with E-state index in [1.54, 1.807) is 6.92 Å². The van der Waals surface area contributed by atoms with Crippen molar-refractivity contribution in [2.24, 2.45) is 5.73 Å². The van der Waals surface area contributed by atoms with Gasteiger partial charge >= 0.3 is 6.18 Å². The van der Waals surface area contributed by atoms with E-state index in [2.05, 4.69) is 0 Å². The highest BCUT2D eigenvalue weighted by atomic mass is 32.2. The highest BCUT2D eigenvalue weighted by Crippen LogP contribution is 2.36. The number of halogens is 3. The second-order valence-corrected chi connectivity index (χ2v) is 6.66. The second-order valence-electron chi connectivity index (χ2n) is 4.80. The van der Waals surface area contributed by atoms with Gasteiger partial charge in [-0.2, -0.15) is 17.5 Å². The summed E-state index contributed by atoms with van der Waals surface area (Å²) in [4.78, 5) is -0.714. The standard InChI is InChI=1S/C12H15F3N2O2S/c1-8-10(16)6-7-17(8)20(18,19)11-5-3-2-4-9(11)12(13,14)15/h2-5,8,10H,6-7,16H2,1H3. The molecule has 0 radical (unpaired) electrons. The zero-order chi connectivity index (χ0) is 15.1. The van der Waals surface area contributed by atoms with Gasteiger partial charge in [-0.15, -0.1) is 0 Å². The zero-order valence-corrected chi connectivity index (χ0v) is 11.6. The average molecular weight is 308 g/mol. The van der Waals surface area contributed by atoms with Gasteiger partial charge < -0.3 is 5.73 Å². The van der Waals surface area contributed by atoms with Gasteiger partial charge in [-0.3, -0.25) is 0 Å². The van der Waals surface area contributed by atoms with Crippen LogP contribution in [-0.4, -0.2) is 31.4 Å². The maximum absolute atomic E-state index is 12.9. The molecule has 0 bridgehead atoms. The number of hydrogen-bond acceptors (Lipinski definition) is 3. The van der Waals surface area contributed by atoms with Gasteiger partial charge in [-0.1, -0.05) is 12.1 Å². The van der Waals surface area contributed by atoms with E-state index in [0.29, 0.717) is 6.42 Å². The number of nitrogens with two attached hydrogens (primary N) is 1. The number of alkyl halides is 3. The lowest BCUT2D eigenvalue weighted by Gasteiger charge is -2.24. The van der Waals surface area contributed by atoms with Crippen molar-refractivity contribution in [3.63, 3.8) is 0 Å². The average Bonchev–Trinajstić information content (AvgIpc) is 2.69. The molecule has 112 valence electrons. The molecule has 0 spiro atoms. The fourth-order valence-corrected chi connectivity index (χ4v) is 4.23. The molecular formula is C12H15F3N2O2S. The molecule has 1 aromatic carbocycles. The first-order valence-electron chi connectivity index (χ1n) is 6.09. The van der Waals surface area contributed by atoms with Gasteiger partial charge in [-0.25, -0.2) is 8.42 Å². The van der Waals surface area contributed by atoms with Crippen LogP contribution in [0.2, 0.25) is 0 Å². The first kappa shape index (κ1) is 15.3. The topological polar surface area (TPSA) is 63.4 Å². The first-order chi connectivity index (χ1) is 9.15. The van der Waals surface area contributed by atoms with Crippen LogP contribution in [0.3, 0.4) is 0 Å². The summed E-state index contributed by atoms with van der Waals surface area (Å²) in [5.74, 6) is 0. The number of sulfonamides is 1. The predicted octanol–water partition coefficient (Wildman–Crippen LogP) is 1.82. The third kappa shape index (κ3) is 2.55. The lowest BCUT2D eigenvalue weighted by atomic mass is 10.2. The van der Waals surface area contributed by atoms with Crippen molar-refractivity contribution in [1.82, 2.24) is 4.31 Å². The minimum absolute atomic E-state index is 0.136. The van der Waals surface area contributed by atoms with Crippen molar-refractivity contribution in [1.29, 1.82) is 0 Å². The zero-order valence-electron chi connectivity index (χ0n) is 10.8. The number of nitrogens with zero attached hydrogens (tertiary/aromatic N) is 1. The molecule has 1 heterocycles. The summed E-state index contributed by atoms with van der Waals surface area (Å²) in [5.41, 5.74) is 4.59. The third-order valence-corrected chi connectivity index (χ3v) is 5.58. The van der Waals surface area contributed by atoms with Crippen LogP contribution in [0.1, 0.15) is 18.9 Å². The quantitative estimate of drug-likeness (QED) is 0.906. The molecular weight excluding hydrogens is 293 g/mol. The van der Waals surface area contributed by atoms with Crippen LogP contribution in [0.15, 0.2) is 29.2 Å². The molecule has 4 nitrogen and oxygen atoms in total. The maximum atomic E-state index is 12.9. The first-order valence-corrected chi connectivity index (χ1v) is 7.53. The van der Waals surface area contributed by atoms with E-state index in [1.807, 2.05) is 0 Å². The highest BCUT2D eigenvalue weighted by Gasteiger charge is 2.42. The van der Waals surface area contributed by atoms with Crippen LogP contribution >= 0.6 is 0 Å². The number of rotatable bonds is 2. The van der Waals surface area contributed by atoms with Gasteiger partial charge in [0.1, 0.15) is 0 Å². The van der Waals surface area contributed by atoms with Crippen LogP contribution in [0, 0.1) is 0 Å². The van der Waals surface area contributed by atoms with Gasteiger partial charge in [0.15, 0.2) is 0 Å². The lowest BCUT2D eigenvalue weighted by Crippen LogP contribution is -2.40. The fourth-order valence-electron chi connectivity index (χ4n) is 2.33. The van der Waals surface area contributed by atoms with E-state index in [4.69, 9.17) is 5.73 Å². The molecule has 0 aliphatic carbocycles. The Bertz CT molecular complexity index is 601. The molecule has 1 aliphatic rings. The van der Waals surface area contributed by atoms with Gasteiger partial charge in [0.25, 0.3) is 0 Å². The van der Waals surface area contributed by atoms with Gasteiger partial charge in [0, 0.05) is 18.6 Å². The Balaban J connectivity index is 2.51. The minimum atomic E-state index is -4.71. The fraction of sp³-hybridized carbons (Fsp3) is 0.500. The molecule has 0 amide bonds. The largest absolute Gasteiger partial charge is 0.417 e. The SMILES string of the molecule is CC1C(N)CCN1S(=O)(=O)c1ccccc1C(F)(F)F. The van der Waals surface area contributed by atoms with E-state index in [0.717, 1.165) is 16.4 Å². The Morgan fingerprint density at radius 1 is 1.30 bits per heavy atom. The molecule has 2 atom stereocenters. The van der Waals surface area contributed by atoms with Crippen molar-refractivity contribution in [3.05, 3.63) is 29.8 Å². The summed E-state index contributed by atoms with van der Waals surface area (Å²) < 4.78 is 64.7. The molecule has 2 unspecified atom stereocenters. The monoisotopic (exact) mass is 308 g/mol. The molecule has 20 heavy (non-hydrogen) atoms. The van der Waals surface area contributed by atoms with Crippen molar-refractivity contribution >= 4 is 10.0 Å². The Kier molecular flexibility index (Phi) is 3.83. The molecule has 0 saturated carbocycles. The lowest BCUT2D eigenvalue weighted by molar-refractivity contribution is -0.139. The van der Waals surface area contributed by atoms with Crippen LogP contribution < -0.4 is 5.73 Å². The summed E-state index contributed by atoms with van der Waals surface area (Å²) >= 11 is 0. The predicted molar refractivity (Wildman–Crippen MR) is 67.4 cm³/mol. The van der Waals surface area contributed by atoms with Crippen LogP contribution in [0.25, 0.3) is 0 Å². The van der Waals surface area contributed by atoms with Crippen molar-refractivity contribution in [2.75, 3.05) is 6.54 Å². The van der Waals surface area contributed by atoms with Crippen molar-refractivity contribution in [3.8, 4) is 0 Å². The Morgan fingerprint density at radius 3 is 2.40 bits per heavy atom. The maximum Gasteiger partial charge on any atom is 0.417 e. The van der Waals surface area contributed by atoms with E-state index >= 15 is 0 Å². The summed E-state index contributed by atoms with van der Waals surface area (Å²) in [7, 11) is -4.20. The second kappa shape index (κ2) is 5.01. The smallest absolute Gasteiger partial charge is 0.326 e. The summed E-state index contributed by atoms with van der Waals surface area (Å²) in [6.07, 6.45) is -4.27. The van der Waals surface area contributed by atoms with Gasteiger partial charge in [0.05, 0.1) is 10.5 Å². The van der Waals surface area contributed by atoms with Crippen molar-refractivity contribution < 1.29 is 21.6 Å². The third-order valence-electron chi connectivity index (χ3n) is 3.54. The summed E-state index contributed by atoms with van der Waals surface area (Å²) in [5, 5.41) is 0. The molecule has 1 aliphatic heterocycles. The van der Waals surface area contributed by atoms with Gasteiger partial charge in [-0.05, 0) is 25.5 Å². The van der Waals surface area contributed by atoms with E-state index in [1.165, 1.54) is 12.1 Å². The molecule has 0 aromatic heterocycles. The Hall–Kier alpha value is -1.12. The van der Waals surface area contributed by atoms with Crippen LogP contribution in [-0.2, 0) is 16.2 Å². The summed E-state index contributed by atoms with van der Waals surface area (Å²) in [6, 6.07) is 3.33. The highest BCUT2D eigenvalue weighted by molar-refractivity contribution is 7.89. The molecule has 8 heteroatoms. The number of benzene rings is 1. The van der Waals surface area contributed by atoms with Crippen LogP contribution in [0.4, 0.5) is 13.2 Å². The molecule has 2 N–H and O–H groups in total. The number of hydrogen-bond donors (Lipinski definition) is 1. The van der Waals surface area contributed by atoms with E-state index in [-0.39, 0.29) is 12.6 Å².